The minimum absolute atomic E-state index is 0.841. The van der Waals surface area contributed by atoms with Gasteiger partial charge in [-0.25, -0.2) is 19.9 Å². The van der Waals surface area contributed by atoms with E-state index in [4.69, 9.17) is 19.9 Å². The van der Waals surface area contributed by atoms with E-state index < -0.39 is 0 Å². The molecule has 11 rings (SSSR count). The van der Waals surface area contributed by atoms with Crippen LogP contribution < -0.4 is 0 Å². The van der Waals surface area contributed by atoms with Gasteiger partial charge < -0.3 is 0 Å². The molecule has 7 heteroatoms. The molecule has 0 aliphatic heterocycles. The molecule has 0 radical (unpaired) electrons. The minimum atomic E-state index is 0.841. The van der Waals surface area contributed by atoms with Gasteiger partial charge in [0.1, 0.15) is 22.7 Å². The Balaban J connectivity index is 0.904. The van der Waals surface area contributed by atoms with Gasteiger partial charge in [0.25, 0.3) is 0 Å². The number of aromatic nitrogens is 6. The van der Waals surface area contributed by atoms with Gasteiger partial charge in [0.2, 0.25) is 0 Å². The highest BCUT2D eigenvalue weighted by molar-refractivity contribution is 7.18. The molecule has 0 bridgehead atoms. The zero-order chi connectivity index (χ0) is 36.3. The Labute approximate surface area is 320 Å². The van der Waals surface area contributed by atoms with Gasteiger partial charge in [0.15, 0.2) is 11.3 Å². The van der Waals surface area contributed by atoms with Crippen molar-refractivity contribution in [2.24, 2.45) is 0 Å². The Morgan fingerprint density at radius 3 is 1.24 bits per heavy atom. The quantitative estimate of drug-likeness (QED) is 0.171. The molecule has 6 nitrogen and oxygen atoms in total. The predicted octanol–water partition coefficient (Wildman–Crippen LogP) is 12.2. The molecule has 5 aromatic heterocycles. The maximum Gasteiger partial charge on any atom is 0.164 e. The fourth-order valence-corrected chi connectivity index (χ4v) is 8.57. The number of fused-ring (bicyclic) bond motifs is 4. The van der Waals surface area contributed by atoms with Crippen LogP contribution in [0.25, 0.3) is 98.9 Å². The average molecular weight is 723 g/mol. The van der Waals surface area contributed by atoms with Crippen LogP contribution in [0.2, 0.25) is 0 Å². The van der Waals surface area contributed by atoms with Crippen molar-refractivity contribution in [3.8, 4) is 55.0 Å². The fourth-order valence-electron chi connectivity index (χ4n) is 7.55. The largest absolute Gasteiger partial charge is 0.277 e. The molecule has 0 saturated heterocycles. The second kappa shape index (κ2) is 12.7. The molecule has 55 heavy (non-hydrogen) atoms. The summed E-state index contributed by atoms with van der Waals surface area (Å²) in [6.45, 7) is 0. The van der Waals surface area contributed by atoms with E-state index in [9.17, 15) is 0 Å². The Kier molecular flexibility index (Phi) is 7.25. The molecule has 5 heterocycles. The number of pyridine rings is 2. The first-order valence-electron chi connectivity index (χ1n) is 18.2. The third kappa shape index (κ3) is 5.40. The second-order valence-corrected chi connectivity index (χ2v) is 14.7. The molecule has 0 spiro atoms. The third-order valence-corrected chi connectivity index (χ3v) is 11.5. The van der Waals surface area contributed by atoms with Crippen molar-refractivity contribution in [3.63, 3.8) is 0 Å². The van der Waals surface area contributed by atoms with E-state index in [1.54, 1.807) is 11.3 Å². The lowest BCUT2D eigenvalue weighted by molar-refractivity contribution is 1.08. The second-order valence-electron chi connectivity index (χ2n) is 13.6. The van der Waals surface area contributed by atoms with Gasteiger partial charge >= 0.3 is 0 Å². The third-order valence-electron chi connectivity index (χ3n) is 10.3. The molecule has 0 aliphatic carbocycles. The van der Waals surface area contributed by atoms with E-state index in [0.29, 0.717) is 0 Å². The van der Waals surface area contributed by atoms with E-state index in [0.717, 1.165) is 56.5 Å². The predicted molar refractivity (Wildman–Crippen MR) is 226 cm³/mol. The van der Waals surface area contributed by atoms with Crippen LogP contribution in [-0.4, -0.2) is 29.1 Å². The van der Waals surface area contributed by atoms with Crippen molar-refractivity contribution in [1.82, 2.24) is 29.1 Å². The Hall–Kier alpha value is -7.22. The fraction of sp³-hybridized carbons (Fsp3) is 0. The summed E-state index contributed by atoms with van der Waals surface area (Å²) < 4.78 is 4.33. The highest BCUT2D eigenvalue weighted by atomic mass is 32.1. The molecule has 0 N–H and O–H groups in total. The number of imidazole rings is 2. The summed E-state index contributed by atoms with van der Waals surface area (Å²) in [6, 6.07) is 59.7. The first kappa shape index (κ1) is 31.3. The van der Waals surface area contributed by atoms with Crippen molar-refractivity contribution in [2.45, 2.75) is 0 Å². The number of benzene rings is 6. The maximum absolute atomic E-state index is 5.05. The molecular weight excluding hydrogens is 693 g/mol. The first-order chi connectivity index (χ1) is 27.2. The Morgan fingerprint density at radius 1 is 0.364 bits per heavy atom. The minimum Gasteiger partial charge on any atom is -0.277 e. The molecule has 0 saturated carbocycles. The molecular formula is C48H30N6S. The smallest absolute Gasteiger partial charge is 0.164 e. The average Bonchev–Trinajstić information content (AvgIpc) is 4.00. The number of nitrogens with zero attached hydrogens (tertiary/aromatic N) is 6. The molecule has 0 unspecified atom stereocenters. The molecule has 0 amide bonds. The van der Waals surface area contributed by atoms with E-state index in [1.807, 2.05) is 36.7 Å². The Bertz CT molecular complexity index is 2990. The lowest BCUT2D eigenvalue weighted by atomic mass is 10.1. The highest BCUT2D eigenvalue weighted by Gasteiger charge is 2.18. The van der Waals surface area contributed by atoms with Crippen molar-refractivity contribution in [2.75, 3.05) is 0 Å². The summed E-state index contributed by atoms with van der Waals surface area (Å²) in [5, 5.41) is 4.77. The van der Waals surface area contributed by atoms with Crippen LogP contribution in [-0.2, 0) is 0 Å². The van der Waals surface area contributed by atoms with Crippen LogP contribution >= 0.6 is 11.3 Å². The van der Waals surface area contributed by atoms with Gasteiger partial charge in [-0.05, 0) is 93.3 Å². The van der Waals surface area contributed by atoms with Crippen molar-refractivity contribution in [3.05, 3.63) is 182 Å². The highest BCUT2D eigenvalue weighted by Crippen LogP contribution is 2.38. The van der Waals surface area contributed by atoms with Gasteiger partial charge in [0.05, 0.1) is 0 Å². The van der Waals surface area contributed by atoms with E-state index in [2.05, 4.69) is 155 Å². The molecule has 0 fully saturated rings. The van der Waals surface area contributed by atoms with E-state index in [-0.39, 0.29) is 0 Å². The SMILES string of the molecule is c1ccc2cc(-n3c(-c4ccc(-c5ccc(-c6ccc(-c7nc8cccnc8n7-c7ccc8ccccc8c7)cc6)s5)cc4)nc4cccnc43)ccc2c1. The molecule has 11 aromatic rings. The van der Waals surface area contributed by atoms with Gasteiger partial charge in [0, 0.05) is 44.6 Å². The summed E-state index contributed by atoms with van der Waals surface area (Å²) in [5.41, 5.74) is 9.89. The number of hydrogen-bond donors (Lipinski definition) is 0. The summed E-state index contributed by atoms with van der Waals surface area (Å²) >= 11 is 1.79. The van der Waals surface area contributed by atoms with Crippen LogP contribution in [0, 0.1) is 0 Å². The molecule has 0 atom stereocenters. The van der Waals surface area contributed by atoms with Crippen LogP contribution in [0.15, 0.2) is 182 Å². The van der Waals surface area contributed by atoms with Crippen LogP contribution in [0.5, 0.6) is 0 Å². The summed E-state index contributed by atoms with van der Waals surface area (Å²) in [6.07, 6.45) is 3.66. The van der Waals surface area contributed by atoms with Crippen molar-refractivity contribution in [1.29, 1.82) is 0 Å². The summed E-state index contributed by atoms with van der Waals surface area (Å²) in [7, 11) is 0. The Morgan fingerprint density at radius 2 is 0.782 bits per heavy atom. The van der Waals surface area contributed by atoms with E-state index in [1.165, 1.54) is 42.4 Å². The first-order valence-corrected chi connectivity index (χ1v) is 19.0. The summed E-state index contributed by atoms with van der Waals surface area (Å²) in [4.78, 5) is 22.0. The number of hydrogen-bond acceptors (Lipinski definition) is 5. The van der Waals surface area contributed by atoms with Crippen molar-refractivity contribution < 1.29 is 0 Å². The molecule has 6 aromatic carbocycles. The number of rotatable bonds is 6. The van der Waals surface area contributed by atoms with Crippen LogP contribution in [0.1, 0.15) is 0 Å². The topological polar surface area (TPSA) is 61.4 Å². The van der Waals surface area contributed by atoms with Gasteiger partial charge in [-0.1, -0.05) is 109 Å². The number of thiophene rings is 1. The summed E-state index contributed by atoms with van der Waals surface area (Å²) in [5.74, 6) is 1.74. The van der Waals surface area contributed by atoms with Crippen LogP contribution in [0.3, 0.4) is 0 Å². The normalized spacial score (nSPS) is 11.6. The zero-order valence-corrected chi connectivity index (χ0v) is 30.2. The lowest BCUT2D eigenvalue weighted by Gasteiger charge is -2.11. The van der Waals surface area contributed by atoms with Crippen molar-refractivity contribution >= 4 is 55.2 Å². The molecule has 0 aliphatic rings. The van der Waals surface area contributed by atoms with Gasteiger partial charge in [-0.2, -0.15) is 0 Å². The molecule has 258 valence electrons. The van der Waals surface area contributed by atoms with E-state index >= 15 is 0 Å². The van der Waals surface area contributed by atoms with Gasteiger partial charge in [-0.15, -0.1) is 11.3 Å². The standard InChI is InChI=1S/C48H30N6S/c1-3-9-37-29-39(23-21-31(37)7-1)53-45(51-41-11-5-27-49-47(41)53)35-17-13-33(14-18-35)43-25-26-44(55-43)34-15-19-36(20-16-34)46-52-42-12-6-28-50-48(42)54(46)40-24-22-32-8-2-4-10-38(32)30-40/h1-30H. The zero-order valence-electron chi connectivity index (χ0n) is 29.4. The maximum atomic E-state index is 5.05. The van der Waals surface area contributed by atoms with Crippen LogP contribution in [0.4, 0.5) is 0 Å². The van der Waals surface area contributed by atoms with Gasteiger partial charge in [-0.3, -0.25) is 9.13 Å². The monoisotopic (exact) mass is 722 g/mol. The lowest BCUT2D eigenvalue weighted by Crippen LogP contribution is -1.98.